The van der Waals surface area contributed by atoms with E-state index in [0.29, 0.717) is 6.54 Å². The third-order valence-electron chi connectivity index (χ3n) is 3.94. The topological polar surface area (TPSA) is 49.4 Å². The second kappa shape index (κ2) is 8.42. The number of carbonyl (C=O) groups is 2. The molecule has 0 fully saturated rings. The molecule has 0 aliphatic heterocycles. The minimum absolute atomic E-state index is 0.0897. The van der Waals surface area contributed by atoms with Crippen LogP contribution in [-0.4, -0.2) is 24.9 Å². The zero-order chi connectivity index (χ0) is 18.4. The Bertz CT molecular complexity index is 759. The third-order valence-corrected chi connectivity index (χ3v) is 3.94. The van der Waals surface area contributed by atoms with Gasteiger partial charge < -0.3 is 10.2 Å². The molecule has 0 atom stereocenters. The van der Waals surface area contributed by atoms with Gasteiger partial charge in [0, 0.05) is 31.3 Å². The highest BCUT2D eigenvalue weighted by Crippen LogP contribution is 2.27. The van der Waals surface area contributed by atoms with E-state index in [1.165, 1.54) is 25.1 Å². The second-order valence-corrected chi connectivity index (χ2v) is 6.15. The van der Waals surface area contributed by atoms with Gasteiger partial charge in [-0.25, -0.2) is 4.39 Å². The van der Waals surface area contributed by atoms with E-state index in [0.717, 1.165) is 11.3 Å². The zero-order valence-electron chi connectivity index (χ0n) is 14.8. The summed E-state index contributed by atoms with van der Waals surface area (Å²) in [5.41, 5.74) is 2.19. The van der Waals surface area contributed by atoms with E-state index in [4.69, 9.17) is 0 Å². The lowest BCUT2D eigenvalue weighted by molar-refractivity contribution is -0.116. The first-order chi connectivity index (χ1) is 11.9. The molecule has 132 valence electrons. The number of carbonyl (C=O) groups excluding carboxylic acids is 2. The first-order valence-electron chi connectivity index (χ1n) is 8.31. The van der Waals surface area contributed by atoms with Crippen molar-refractivity contribution in [3.8, 4) is 0 Å². The van der Waals surface area contributed by atoms with Crippen LogP contribution in [0.5, 0.6) is 0 Å². The minimum Gasteiger partial charge on any atom is -0.350 e. The van der Waals surface area contributed by atoms with Gasteiger partial charge in [-0.1, -0.05) is 38.1 Å². The predicted molar refractivity (Wildman–Crippen MR) is 97.3 cm³/mol. The first-order valence-corrected chi connectivity index (χ1v) is 8.31. The van der Waals surface area contributed by atoms with Gasteiger partial charge in [-0.05, 0) is 35.7 Å². The highest BCUT2D eigenvalue weighted by molar-refractivity contribution is 5.95. The molecule has 2 aromatic carbocycles. The van der Waals surface area contributed by atoms with Crippen molar-refractivity contribution in [1.29, 1.82) is 0 Å². The Balaban J connectivity index is 2.06. The van der Waals surface area contributed by atoms with Gasteiger partial charge in [0.15, 0.2) is 0 Å². The quantitative estimate of drug-likeness (QED) is 0.869. The Labute approximate surface area is 147 Å². The van der Waals surface area contributed by atoms with Gasteiger partial charge >= 0.3 is 0 Å². The average molecular weight is 342 g/mol. The van der Waals surface area contributed by atoms with E-state index in [-0.39, 0.29) is 29.8 Å². The molecule has 4 nitrogen and oxygen atoms in total. The fourth-order valence-corrected chi connectivity index (χ4v) is 2.68. The van der Waals surface area contributed by atoms with Crippen molar-refractivity contribution in [2.45, 2.75) is 26.7 Å². The molecular formula is C20H23FN2O2. The maximum Gasteiger partial charge on any atom is 0.251 e. The van der Waals surface area contributed by atoms with Crippen molar-refractivity contribution >= 4 is 17.5 Å². The van der Waals surface area contributed by atoms with Gasteiger partial charge in [-0.2, -0.15) is 0 Å². The van der Waals surface area contributed by atoms with E-state index in [9.17, 15) is 14.0 Å². The van der Waals surface area contributed by atoms with Crippen molar-refractivity contribution in [3.63, 3.8) is 0 Å². The normalized spacial score (nSPS) is 10.6. The summed E-state index contributed by atoms with van der Waals surface area (Å²) in [6.07, 6.45) is 0. The minimum atomic E-state index is -0.455. The number of anilines is 1. The Kier molecular flexibility index (Phi) is 6.28. The molecule has 1 N–H and O–H groups in total. The zero-order valence-corrected chi connectivity index (χ0v) is 14.8. The van der Waals surface area contributed by atoms with Crippen molar-refractivity contribution in [2.24, 2.45) is 0 Å². The predicted octanol–water partition coefficient (Wildman–Crippen LogP) is 3.73. The van der Waals surface area contributed by atoms with E-state index in [1.54, 1.807) is 11.0 Å². The van der Waals surface area contributed by atoms with E-state index < -0.39 is 5.82 Å². The molecule has 25 heavy (non-hydrogen) atoms. The second-order valence-electron chi connectivity index (χ2n) is 6.15. The van der Waals surface area contributed by atoms with Gasteiger partial charge in [0.25, 0.3) is 5.91 Å². The van der Waals surface area contributed by atoms with Crippen LogP contribution < -0.4 is 10.2 Å². The molecule has 0 bridgehead atoms. The van der Waals surface area contributed by atoms with Gasteiger partial charge in [0.05, 0.1) is 0 Å². The van der Waals surface area contributed by atoms with Gasteiger partial charge in [-0.15, -0.1) is 0 Å². The first kappa shape index (κ1) is 18.6. The molecule has 5 heteroatoms. The smallest absolute Gasteiger partial charge is 0.251 e. The lowest BCUT2D eigenvalue weighted by Gasteiger charge is -2.25. The molecule has 0 radical (unpaired) electrons. The third kappa shape index (κ3) is 4.89. The number of amides is 2. The summed E-state index contributed by atoms with van der Waals surface area (Å²) in [7, 11) is 0. The van der Waals surface area contributed by atoms with Crippen molar-refractivity contribution in [2.75, 3.05) is 18.0 Å². The molecular weight excluding hydrogens is 319 g/mol. The summed E-state index contributed by atoms with van der Waals surface area (Å²) < 4.78 is 13.2. The van der Waals surface area contributed by atoms with Crippen LogP contribution in [0.4, 0.5) is 10.1 Å². The largest absolute Gasteiger partial charge is 0.350 e. The fourth-order valence-electron chi connectivity index (χ4n) is 2.68. The molecule has 0 aliphatic rings. The van der Waals surface area contributed by atoms with Crippen molar-refractivity contribution in [1.82, 2.24) is 5.32 Å². The van der Waals surface area contributed by atoms with E-state index >= 15 is 0 Å². The number of nitrogens with zero attached hydrogens (tertiary/aromatic N) is 1. The molecule has 2 amide bonds. The van der Waals surface area contributed by atoms with Gasteiger partial charge in [0.1, 0.15) is 5.82 Å². The molecule has 0 aromatic heterocycles. The molecule has 0 spiro atoms. The highest BCUT2D eigenvalue weighted by Gasteiger charge is 2.17. The van der Waals surface area contributed by atoms with Crippen LogP contribution in [0.25, 0.3) is 0 Å². The molecule has 0 heterocycles. The summed E-state index contributed by atoms with van der Waals surface area (Å²) in [4.78, 5) is 25.8. The number of hydrogen-bond donors (Lipinski definition) is 1. The summed E-state index contributed by atoms with van der Waals surface area (Å²) in [5.74, 6) is -0.628. The standard InChI is InChI=1S/C20H23FN2O2/c1-14(2)18-9-4-5-10-19(18)23(15(3)24)12-11-22-20(25)16-7-6-8-17(21)13-16/h4-10,13-14H,11-12H2,1-3H3,(H,22,25). The summed E-state index contributed by atoms with van der Waals surface area (Å²) in [5, 5.41) is 2.73. The van der Waals surface area contributed by atoms with Crippen LogP contribution in [0.15, 0.2) is 48.5 Å². The van der Waals surface area contributed by atoms with E-state index in [2.05, 4.69) is 19.2 Å². The van der Waals surface area contributed by atoms with Crippen LogP contribution >= 0.6 is 0 Å². The van der Waals surface area contributed by atoms with Crippen molar-refractivity contribution < 1.29 is 14.0 Å². The number of nitrogens with one attached hydrogen (secondary N) is 1. The monoisotopic (exact) mass is 342 g/mol. The molecule has 2 rings (SSSR count). The highest BCUT2D eigenvalue weighted by atomic mass is 19.1. The maximum atomic E-state index is 13.2. The van der Waals surface area contributed by atoms with E-state index in [1.807, 2.05) is 24.3 Å². The molecule has 0 unspecified atom stereocenters. The van der Waals surface area contributed by atoms with Crippen LogP contribution in [-0.2, 0) is 4.79 Å². The number of para-hydroxylation sites is 1. The SMILES string of the molecule is CC(=O)N(CCNC(=O)c1cccc(F)c1)c1ccccc1C(C)C. The summed E-state index contributed by atoms with van der Waals surface area (Å²) >= 11 is 0. The lowest BCUT2D eigenvalue weighted by Crippen LogP contribution is -2.38. The number of halogens is 1. The van der Waals surface area contributed by atoms with Crippen LogP contribution in [0.1, 0.15) is 42.6 Å². The molecule has 0 saturated carbocycles. The van der Waals surface area contributed by atoms with Crippen LogP contribution in [0, 0.1) is 5.82 Å². The number of benzene rings is 2. The maximum absolute atomic E-state index is 13.2. The Morgan fingerprint density at radius 3 is 2.48 bits per heavy atom. The lowest BCUT2D eigenvalue weighted by atomic mass is 10.0. The molecule has 2 aromatic rings. The van der Waals surface area contributed by atoms with Gasteiger partial charge in [-0.3, -0.25) is 9.59 Å². The Morgan fingerprint density at radius 1 is 1.12 bits per heavy atom. The van der Waals surface area contributed by atoms with Gasteiger partial charge in [0.2, 0.25) is 5.91 Å². The average Bonchev–Trinajstić information content (AvgIpc) is 2.58. The molecule has 0 aliphatic carbocycles. The van der Waals surface area contributed by atoms with Crippen molar-refractivity contribution in [3.05, 3.63) is 65.5 Å². The molecule has 0 saturated heterocycles. The Morgan fingerprint density at radius 2 is 1.84 bits per heavy atom. The fraction of sp³-hybridized carbons (Fsp3) is 0.300. The van der Waals surface area contributed by atoms with Crippen LogP contribution in [0.2, 0.25) is 0 Å². The summed E-state index contributed by atoms with van der Waals surface area (Å²) in [6.45, 7) is 6.28. The van der Waals surface area contributed by atoms with Crippen LogP contribution in [0.3, 0.4) is 0 Å². The number of hydrogen-bond acceptors (Lipinski definition) is 2. The number of rotatable bonds is 6. The Hall–Kier alpha value is -2.69. The summed E-state index contributed by atoms with van der Waals surface area (Å²) in [6, 6.07) is 13.3.